The summed E-state index contributed by atoms with van der Waals surface area (Å²) in [6, 6.07) is 13.5. The van der Waals surface area contributed by atoms with Crippen LogP contribution in [-0.2, 0) is 6.54 Å². The molecule has 6 nitrogen and oxygen atoms in total. The number of benzene rings is 1. The molecule has 2 aromatic rings. The Kier molecular flexibility index (Phi) is 2.87. The first kappa shape index (κ1) is 13.6. The average Bonchev–Trinajstić information content (AvgIpc) is 3.25. The number of aromatic nitrogens is 1. The van der Waals surface area contributed by atoms with Gasteiger partial charge in [-0.15, -0.1) is 5.53 Å². The molecule has 24 heavy (non-hydrogen) atoms. The molecule has 0 spiro atoms. The number of hydrogen-bond acceptors (Lipinski definition) is 5. The van der Waals surface area contributed by atoms with Gasteiger partial charge in [0.25, 0.3) is 5.91 Å². The summed E-state index contributed by atoms with van der Waals surface area (Å²) in [6.45, 7) is 0.572. The van der Waals surface area contributed by atoms with Crippen molar-refractivity contribution in [1.82, 2.24) is 15.9 Å². The molecule has 0 atom stereocenters. The van der Waals surface area contributed by atoms with Gasteiger partial charge in [-0.1, -0.05) is 24.3 Å². The Morgan fingerprint density at radius 3 is 2.71 bits per heavy atom. The average molecular weight is 319 g/mol. The minimum atomic E-state index is 0.0146. The molecule has 0 unspecified atom stereocenters. The third kappa shape index (κ3) is 2.07. The molecule has 120 valence electrons. The van der Waals surface area contributed by atoms with Crippen LogP contribution in [0.5, 0.6) is 0 Å². The predicted molar refractivity (Wildman–Crippen MR) is 90.7 cm³/mol. The maximum atomic E-state index is 12.6. The number of carbonyl (C=O) groups is 1. The van der Waals surface area contributed by atoms with E-state index in [4.69, 9.17) is 4.98 Å². The number of allylic oxidation sites excluding steroid dienone is 1. The first-order valence-corrected chi connectivity index (χ1v) is 8.19. The van der Waals surface area contributed by atoms with Crippen molar-refractivity contribution in [2.45, 2.75) is 19.4 Å². The molecule has 5 rings (SSSR count). The fraction of sp³-hybridized carbons (Fsp3) is 0.222. The van der Waals surface area contributed by atoms with Crippen molar-refractivity contribution in [3.63, 3.8) is 0 Å². The van der Waals surface area contributed by atoms with Crippen LogP contribution in [0, 0.1) is 5.92 Å². The van der Waals surface area contributed by atoms with Gasteiger partial charge in [0.1, 0.15) is 5.82 Å². The second kappa shape index (κ2) is 5.07. The van der Waals surface area contributed by atoms with Crippen molar-refractivity contribution in [2.75, 3.05) is 9.91 Å². The van der Waals surface area contributed by atoms with E-state index in [1.54, 1.807) is 4.90 Å². The Balaban J connectivity index is 1.46. The van der Waals surface area contributed by atoms with Crippen molar-refractivity contribution in [2.24, 2.45) is 5.92 Å². The molecular formula is C18H17N5O. The number of nitrogens with zero attached hydrogens (tertiary/aromatic N) is 3. The van der Waals surface area contributed by atoms with E-state index in [9.17, 15) is 4.79 Å². The first-order chi connectivity index (χ1) is 11.8. The molecule has 1 aromatic carbocycles. The standard InChI is InChI=1S/C18H17N5O/c24-18-14-5-2-1-4-13(14)11-22(18)16-6-3-7-17(20-16)23-15(10-19-21-23)12-8-9-12/h1-7,10,12,19,21H,8-9,11H2. The van der Waals surface area contributed by atoms with Gasteiger partial charge < -0.3 is 5.43 Å². The number of nitrogens with one attached hydrogen (secondary N) is 2. The molecule has 0 radical (unpaired) electrons. The number of rotatable bonds is 3. The molecule has 6 heteroatoms. The van der Waals surface area contributed by atoms with E-state index in [0.29, 0.717) is 18.3 Å². The van der Waals surface area contributed by atoms with Crippen LogP contribution in [0.1, 0.15) is 28.8 Å². The van der Waals surface area contributed by atoms with Crippen LogP contribution in [0.2, 0.25) is 0 Å². The summed E-state index contributed by atoms with van der Waals surface area (Å²) in [4.78, 5) is 19.1. The van der Waals surface area contributed by atoms with Crippen molar-refractivity contribution in [3.8, 4) is 0 Å². The Morgan fingerprint density at radius 1 is 1.04 bits per heavy atom. The lowest BCUT2D eigenvalue weighted by atomic mass is 10.1. The van der Waals surface area contributed by atoms with Gasteiger partial charge in [0.05, 0.1) is 12.2 Å². The molecule has 3 aliphatic rings. The fourth-order valence-electron chi connectivity index (χ4n) is 3.30. The monoisotopic (exact) mass is 319 g/mol. The molecule has 0 saturated heterocycles. The van der Waals surface area contributed by atoms with Gasteiger partial charge in [-0.3, -0.25) is 9.69 Å². The number of hydrogen-bond donors (Lipinski definition) is 2. The van der Waals surface area contributed by atoms with Crippen LogP contribution in [0.25, 0.3) is 0 Å². The van der Waals surface area contributed by atoms with E-state index in [0.717, 1.165) is 16.9 Å². The van der Waals surface area contributed by atoms with Gasteiger partial charge >= 0.3 is 0 Å². The largest absolute Gasteiger partial charge is 0.309 e. The third-order valence-corrected chi connectivity index (χ3v) is 4.70. The molecule has 1 saturated carbocycles. The molecule has 3 heterocycles. The van der Waals surface area contributed by atoms with Gasteiger partial charge in [-0.2, -0.15) is 0 Å². The maximum absolute atomic E-state index is 12.6. The summed E-state index contributed by atoms with van der Waals surface area (Å²) >= 11 is 0. The van der Waals surface area contributed by atoms with E-state index in [-0.39, 0.29) is 5.91 Å². The Bertz CT molecular complexity index is 858. The van der Waals surface area contributed by atoms with Gasteiger partial charge in [0, 0.05) is 17.7 Å². The highest BCUT2D eigenvalue weighted by molar-refractivity contribution is 6.09. The van der Waals surface area contributed by atoms with Crippen molar-refractivity contribution < 1.29 is 4.79 Å². The molecule has 1 aromatic heterocycles. The topological polar surface area (TPSA) is 60.5 Å². The lowest BCUT2D eigenvalue weighted by Gasteiger charge is -2.22. The molecule has 1 amide bonds. The molecule has 2 N–H and O–H groups in total. The van der Waals surface area contributed by atoms with E-state index < -0.39 is 0 Å². The Hall–Kier alpha value is -2.86. The van der Waals surface area contributed by atoms with Crippen LogP contribution >= 0.6 is 0 Å². The van der Waals surface area contributed by atoms with Crippen LogP contribution in [0.3, 0.4) is 0 Å². The van der Waals surface area contributed by atoms with E-state index in [1.165, 1.54) is 18.5 Å². The minimum Gasteiger partial charge on any atom is -0.309 e. The number of pyridine rings is 1. The number of carbonyl (C=O) groups excluding carboxylic acids is 1. The maximum Gasteiger partial charge on any atom is 0.260 e. The van der Waals surface area contributed by atoms with Gasteiger partial charge in [0.2, 0.25) is 0 Å². The Labute approximate surface area is 139 Å². The summed E-state index contributed by atoms with van der Waals surface area (Å²) < 4.78 is 0. The fourth-order valence-corrected chi connectivity index (χ4v) is 3.30. The highest BCUT2D eigenvalue weighted by atomic mass is 16.2. The molecule has 0 bridgehead atoms. The molecular weight excluding hydrogens is 302 g/mol. The molecule has 1 fully saturated rings. The van der Waals surface area contributed by atoms with Crippen molar-refractivity contribution in [3.05, 3.63) is 65.5 Å². The second-order valence-corrected chi connectivity index (χ2v) is 6.34. The quantitative estimate of drug-likeness (QED) is 0.909. The van der Waals surface area contributed by atoms with Crippen LogP contribution in [0.4, 0.5) is 11.6 Å². The summed E-state index contributed by atoms with van der Waals surface area (Å²) in [5.41, 5.74) is 9.19. The summed E-state index contributed by atoms with van der Waals surface area (Å²) in [6.07, 6.45) is 4.42. The SMILES string of the molecule is O=C1c2ccccc2CN1c1cccc(N2NNC=C2C2CC2)n1. The summed E-state index contributed by atoms with van der Waals surface area (Å²) in [5.74, 6) is 2.08. The first-order valence-electron chi connectivity index (χ1n) is 8.19. The van der Waals surface area contributed by atoms with Gasteiger partial charge in [0.15, 0.2) is 5.82 Å². The van der Waals surface area contributed by atoms with E-state index >= 15 is 0 Å². The highest BCUT2D eigenvalue weighted by Gasteiger charge is 2.34. The van der Waals surface area contributed by atoms with Crippen LogP contribution < -0.4 is 20.9 Å². The smallest absolute Gasteiger partial charge is 0.260 e. The lowest BCUT2D eigenvalue weighted by Crippen LogP contribution is -2.38. The van der Waals surface area contributed by atoms with Crippen LogP contribution in [0.15, 0.2) is 54.4 Å². The van der Waals surface area contributed by atoms with E-state index in [1.807, 2.05) is 53.7 Å². The minimum absolute atomic E-state index is 0.0146. The second-order valence-electron chi connectivity index (χ2n) is 6.34. The predicted octanol–water partition coefficient (Wildman–Crippen LogP) is 2.32. The van der Waals surface area contributed by atoms with Gasteiger partial charge in [-0.25, -0.2) is 9.99 Å². The number of anilines is 2. The van der Waals surface area contributed by atoms with Crippen LogP contribution in [-0.4, -0.2) is 10.9 Å². The summed E-state index contributed by atoms with van der Waals surface area (Å²) in [7, 11) is 0. The normalized spacial score (nSPS) is 19.3. The zero-order valence-corrected chi connectivity index (χ0v) is 13.1. The van der Waals surface area contributed by atoms with Crippen molar-refractivity contribution in [1.29, 1.82) is 0 Å². The third-order valence-electron chi connectivity index (χ3n) is 4.70. The Morgan fingerprint density at radius 2 is 1.88 bits per heavy atom. The lowest BCUT2D eigenvalue weighted by molar-refractivity contribution is 0.0996. The highest BCUT2D eigenvalue weighted by Crippen LogP contribution is 2.39. The van der Waals surface area contributed by atoms with Gasteiger partial charge in [-0.05, 0) is 36.6 Å². The number of hydrazine groups is 2. The molecule has 1 aliphatic carbocycles. The number of fused-ring (bicyclic) bond motifs is 1. The zero-order valence-electron chi connectivity index (χ0n) is 13.1. The summed E-state index contributed by atoms with van der Waals surface area (Å²) in [5, 5.41) is 1.97. The molecule has 2 aliphatic heterocycles. The zero-order chi connectivity index (χ0) is 16.1. The number of amides is 1. The van der Waals surface area contributed by atoms with Crippen molar-refractivity contribution >= 4 is 17.5 Å². The van der Waals surface area contributed by atoms with E-state index in [2.05, 4.69) is 11.0 Å².